The number of aromatic nitrogens is 1. The highest BCUT2D eigenvalue weighted by molar-refractivity contribution is 9.09. The standard InChI is InChI=1S/C13H19BrN2O/c1-10-6-7-12(11(2)16-10)13(17)15-9-5-3-4-8-14/h6-7H,3-5,8-9H2,1-2H3,(H,15,17). The third-order valence-electron chi connectivity index (χ3n) is 2.57. The molecule has 0 bridgehead atoms. The summed E-state index contributed by atoms with van der Waals surface area (Å²) in [6.07, 6.45) is 3.31. The van der Waals surface area contributed by atoms with E-state index in [2.05, 4.69) is 26.2 Å². The van der Waals surface area contributed by atoms with Crippen LogP contribution in [0.3, 0.4) is 0 Å². The van der Waals surface area contributed by atoms with Gasteiger partial charge in [0, 0.05) is 17.6 Å². The molecule has 0 saturated heterocycles. The predicted octanol–water partition coefficient (Wildman–Crippen LogP) is 2.99. The second-order valence-corrected chi connectivity index (χ2v) is 4.88. The normalized spacial score (nSPS) is 10.3. The van der Waals surface area contributed by atoms with Crippen LogP contribution in [0.25, 0.3) is 0 Å². The molecule has 1 aromatic heterocycles. The highest BCUT2D eigenvalue weighted by atomic mass is 79.9. The number of hydrogen-bond acceptors (Lipinski definition) is 2. The second kappa shape index (κ2) is 7.43. The predicted molar refractivity (Wildman–Crippen MR) is 73.7 cm³/mol. The average Bonchev–Trinajstić information content (AvgIpc) is 2.28. The summed E-state index contributed by atoms with van der Waals surface area (Å²) >= 11 is 3.39. The Labute approximate surface area is 111 Å². The van der Waals surface area contributed by atoms with Gasteiger partial charge in [-0.25, -0.2) is 0 Å². The van der Waals surface area contributed by atoms with Crippen molar-refractivity contribution in [1.29, 1.82) is 0 Å². The molecule has 0 radical (unpaired) electrons. The molecular weight excluding hydrogens is 280 g/mol. The third kappa shape index (κ3) is 4.86. The lowest BCUT2D eigenvalue weighted by atomic mass is 10.1. The van der Waals surface area contributed by atoms with Crippen LogP contribution in [0.1, 0.15) is 41.0 Å². The minimum atomic E-state index is -0.0196. The molecule has 0 aliphatic heterocycles. The van der Waals surface area contributed by atoms with Crippen LogP contribution in [0.2, 0.25) is 0 Å². The number of alkyl halides is 1. The molecule has 1 heterocycles. The van der Waals surface area contributed by atoms with Gasteiger partial charge in [-0.2, -0.15) is 0 Å². The van der Waals surface area contributed by atoms with Gasteiger partial charge in [-0.15, -0.1) is 0 Å². The topological polar surface area (TPSA) is 42.0 Å². The molecule has 1 N–H and O–H groups in total. The maximum Gasteiger partial charge on any atom is 0.253 e. The SMILES string of the molecule is Cc1ccc(C(=O)NCCCCCBr)c(C)n1. The number of rotatable bonds is 6. The number of carbonyl (C=O) groups excluding carboxylic acids is 1. The molecule has 3 nitrogen and oxygen atoms in total. The molecule has 17 heavy (non-hydrogen) atoms. The van der Waals surface area contributed by atoms with E-state index in [-0.39, 0.29) is 5.91 Å². The first-order valence-electron chi connectivity index (χ1n) is 5.93. The Morgan fingerprint density at radius 3 is 2.71 bits per heavy atom. The van der Waals surface area contributed by atoms with E-state index in [9.17, 15) is 4.79 Å². The molecule has 0 unspecified atom stereocenters. The molecule has 0 aliphatic rings. The summed E-state index contributed by atoms with van der Waals surface area (Å²) in [4.78, 5) is 16.1. The number of amides is 1. The molecule has 4 heteroatoms. The van der Waals surface area contributed by atoms with Gasteiger partial charge in [-0.3, -0.25) is 9.78 Å². The Kier molecular flexibility index (Phi) is 6.19. The van der Waals surface area contributed by atoms with E-state index in [0.29, 0.717) is 5.56 Å². The van der Waals surface area contributed by atoms with Crippen molar-refractivity contribution in [3.63, 3.8) is 0 Å². The number of nitrogens with zero attached hydrogens (tertiary/aromatic N) is 1. The number of pyridine rings is 1. The van der Waals surface area contributed by atoms with Crippen LogP contribution < -0.4 is 5.32 Å². The highest BCUT2D eigenvalue weighted by Gasteiger charge is 2.08. The molecule has 1 amide bonds. The maximum absolute atomic E-state index is 11.8. The molecule has 0 aromatic carbocycles. The van der Waals surface area contributed by atoms with Crippen LogP contribution >= 0.6 is 15.9 Å². The lowest BCUT2D eigenvalue weighted by Crippen LogP contribution is -2.25. The molecule has 1 aromatic rings. The summed E-state index contributed by atoms with van der Waals surface area (Å²) < 4.78 is 0. The van der Waals surface area contributed by atoms with Gasteiger partial charge in [0.1, 0.15) is 0 Å². The molecule has 1 rings (SSSR count). The molecule has 0 spiro atoms. The number of halogens is 1. The van der Waals surface area contributed by atoms with Crippen molar-refractivity contribution >= 4 is 21.8 Å². The fourth-order valence-corrected chi connectivity index (χ4v) is 2.02. The van der Waals surface area contributed by atoms with Gasteiger partial charge in [-0.1, -0.05) is 22.4 Å². The van der Waals surface area contributed by atoms with Gasteiger partial charge in [0.2, 0.25) is 0 Å². The van der Waals surface area contributed by atoms with Crippen LogP contribution in [0.4, 0.5) is 0 Å². The van der Waals surface area contributed by atoms with Crippen LogP contribution in [-0.2, 0) is 0 Å². The number of carbonyl (C=O) groups is 1. The maximum atomic E-state index is 11.8. The number of unbranched alkanes of at least 4 members (excludes halogenated alkanes) is 2. The van der Waals surface area contributed by atoms with E-state index in [1.165, 1.54) is 0 Å². The molecule has 0 aliphatic carbocycles. The van der Waals surface area contributed by atoms with E-state index in [1.807, 2.05) is 26.0 Å². The summed E-state index contributed by atoms with van der Waals surface area (Å²) in [7, 11) is 0. The quantitative estimate of drug-likeness (QED) is 0.648. The van der Waals surface area contributed by atoms with Gasteiger partial charge in [-0.05, 0) is 38.8 Å². The van der Waals surface area contributed by atoms with Crippen molar-refractivity contribution in [2.24, 2.45) is 0 Å². The van der Waals surface area contributed by atoms with Crippen molar-refractivity contribution < 1.29 is 4.79 Å². The average molecular weight is 299 g/mol. The molecule has 0 atom stereocenters. The zero-order valence-corrected chi connectivity index (χ0v) is 12.0. The van der Waals surface area contributed by atoms with Crippen molar-refractivity contribution in [1.82, 2.24) is 10.3 Å². The Hall–Kier alpha value is -0.900. The van der Waals surface area contributed by atoms with Gasteiger partial charge >= 0.3 is 0 Å². The van der Waals surface area contributed by atoms with Crippen molar-refractivity contribution in [3.8, 4) is 0 Å². The largest absolute Gasteiger partial charge is 0.352 e. The third-order valence-corrected chi connectivity index (χ3v) is 3.13. The number of aryl methyl sites for hydroxylation is 2. The van der Waals surface area contributed by atoms with Crippen LogP contribution in [0.15, 0.2) is 12.1 Å². The Morgan fingerprint density at radius 2 is 2.06 bits per heavy atom. The minimum Gasteiger partial charge on any atom is -0.352 e. The first kappa shape index (κ1) is 14.2. The summed E-state index contributed by atoms with van der Waals surface area (Å²) in [5.41, 5.74) is 2.41. The Morgan fingerprint density at radius 1 is 1.29 bits per heavy atom. The molecular formula is C13H19BrN2O. The summed E-state index contributed by atoms with van der Waals surface area (Å²) in [6, 6.07) is 3.71. The molecule has 0 fully saturated rings. The lowest BCUT2D eigenvalue weighted by molar-refractivity contribution is 0.0952. The van der Waals surface area contributed by atoms with Gasteiger partial charge in [0.05, 0.1) is 11.3 Å². The van der Waals surface area contributed by atoms with Gasteiger partial charge in [0.15, 0.2) is 0 Å². The van der Waals surface area contributed by atoms with Crippen LogP contribution in [0, 0.1) is 13.8 Å². The van der Waals surface area contributed by atoms with Crippen molar-refractivity contribution in [2.45, 2.75) is 33.1 Å². The van der Waals surface area contributed by atoms with E-state index >= 15 is 0 Å². The van der Waals surface area contributed by atoms with E-state index < -0.39 is 0 Å². The zero-order chi connectivity index (χ0) is 12.7. The zero-order valence-electron chi connectivity index (χ0n) is 10.4. The van der Waals surface area contributed by atoms with Gasteiger partial charge < -0.3 is 5.32 Å². The summed E-state index contributed by atoms with van der Waals surface area (Å²) in [5, 5.41) is 3.95. The van der Waals surface area contributed by atoms with Crippen LogP contribution in [0.5, 0.6) is 0 Å². The minimum absolute atomic E-state index is 0.0196. The van der Waals surface area contributed by atoms with E-state index in [4.69, 9.17) is 0 Å². The molecule has 94 valence electrons. The first-order valence-corrected chi connectivity index (χ1v) is 7.05. The smallest absolute Gasteiger partial charge is 0.253 e. The first-order chi connectivity index (χ1) is 8.15. The Balaban J connectivity index is 2.42. The fourth-order valence-electron chi connectivity index (χ4n) is 1.62. The summed E-state index contributed by atoms with van der Waals surface area (Å²) in [6.45, 7) is 4.53. The van der Waals surface area contributed by atoms with Crippen LogP contribution in [-0.4, -0.2) is 22.8 Å². The molecule has 0 saturated carbocycles. The van der Waals surface area contributed by atoms with Crippen molar-refractivity contribution in [3.05, 3.63) is 29.1 Å². The van der Waals surface area contributed by atoms with Gasteiger partial charge in [0.25, 0.3) is 5.91 Å². The monoisotopic (exact) mass is 298 g/mol. The van der Waals surface area contributed by atoms with E-state index in [1.54, 1.807) is 0 Å². The lowest BCUT2D eigenvalue weighted by Gasteiger charge is -2.07. The number of nitrogens with one attached hydrogen (secondary N) is 1. The van der Waals surface area contributed by atoms with E-state index in [0.717, 1.165) is 42.5 Å². The second-order valence-electron chi connectivity index (χ2n) is 4.09. The number of hydrogen-bond donors (Lipinski definition) is 1. The van der Waals surface area contributed by atoms with Crippen molar-refractivity contribution in [2.75, 3.05) is 11.9 Å². The fraction of sp³-hybridized carbons (Fsp3) is 0.538. The summed E-state index contributed by atoms with van der Waals surface area (Å²) in [5.74, 6) is -0.0196. The Bertz CT molecular complexity index is 380. The highest BCUT2D eigenvalue weighted by Crippen LogP contribution is 2.06.